The molecule has 0 radical (unpaired) electrons. The van der Waals surface area contributed by atoms with Gasteiger partial charge in [0.2, 0.25) is 0 Å². The Morgan fingerprint density at radius 3 is 2.46 bits per heavy atom. The van der Waals surface area contributed by atoms with Crippen LogP contribution in [-0.4, -0.2) is 27.3 Å². The van der Waals surface area contributed by atoms with Crippen molar-refractivity contribution >= 4 is 16.0 Å². The zero-order valence-corrected chi connectivity index (χ0v) is 8.61. The number of hydrogen-bond acceptors (Lipinski definition) is 3. The SMILES string of the molecule is CCCC(NS(=O)(=O)NC)C(=N)N. The van der Waals surface area contributed by atoms with Gasteiger partial charge < -0.3 is 5.73 Å². The lowest BCUT2D eigenvalue weighted by atomic mass is 10.2. The lowest BCUT2D eigenvalue weighted by Gasteiger charge is -2.15. The molecule has 78 valence electrons. The maximum Gasteiger partial charge on any atom is 0.277 e. The molecule has 0 aliphatic heterocycles. The maximum absolute atomic E-state index is 11.0. The first-order chi connectivity index (χ1) is 5.93. The van der Waals surface area contributed by atoms with Gasteiger partial charge in [-0.15, -0.1) is 0 Å². The highest BCUT2D eigenvalue weighted by molar-refractivity contribution is 7.87. The molecular formula is C6H16N4O2S. The van der Waals surface area contributed by atoms with Crippen molar-refractivity contribution in [3.05, 3.63) is 0 Å². The minimum absolute atomic E-state index is 0.166. The molecule has 0 aliphatic rings. The smallest absolute Gasteiger partial charge is 0.277 e. The van der Waals surface area contributed by atoms with Gasteiger partial charge in [0.05, 0.1) is 6.04 Å². The van der Waals surface area contributed by atoms with Crippen molar-refractivity contribution in [2.75, 3.05) is 7.05 Å². The van der Waals surface area contributed by atoms with Crippen LogP contribution in [0.15, 0.2) is 0 Å². The Balaban J connectivity index is 4.35. The van der Waals surface area contributed by atoms with Crippen LogP contribution in [0.4, 0.5) is 0 Å². The molecule has 5 N–H and O–H groups in total. The molecule has 1 atom stereocenters. The second-order valence-corrected chi connectivity index (χ2v) is 4.27. The minimum atomic E-state index is -3.51. The Labute approximate surface area is 78.6 Å². The Morgan fingerprint density at radius 1 is 1.62 bits per heavy atom. The number of hydrogen-bond donors (Lipinski definition) is 4. The standard InChI is InChI=1S/C6H16N4O2S/c1-3-4-5(6(7)8)10-13(11,12)9-2/h5,9-10H,3-4H2,1-2H3,(H3,7,8). The molecule has 0 saturated carbocycles. The van der Waals surface area contributed by atoms with Crippen LogP contribution in [0.2, 0.25) is 0 Å². The van der Waals surface area contributed by atoms with Gasteiger partial charge in [0.25, 0.3) is 10.2 Å². The van der Waals surface area contributed by atoms with Crippen LogP contribution in [0.1, 0.15) is 19.8 Å². The van der Waals surface area contributed by atoms with Crippen molar-refractivity contribution in [2.24, 2.45) is 5.73 Å². The van der Waals surface area contributed by atoms with E-state index in [1.54, 1.807) is 0 Å². The summed E-state index contributed by atoms with van der Waals surface area (Å²) in [6, 6.07) is -0.609. The fourth-order valence-electron chi connectivity index (χ4n) is 0.813. The summed E-state index contributed by atoms with van der Waals surface area (Å²) in [7, 11) is -2.21. The Bertz CT molecular complexity index is 262. The van der Waals surface area contributed by atoms with Crippen LogP contribution in [0.25, 0.3) is 0 Å². The van der Waals surface area contributed by atoms with Gasteiger partial charge in [0.15, 0.2) is 0 Å². The van der Waals surface area contributed by atoms with Crippen molar-refractivity contribution in [2.45, 2.75) is 25.8 Å². The first-order valence-corrected chi connectivity index (χ1v) is 5.46. The molecular weight excluding hydrogens is 192 g/mol. The summed E-state index contributed by atoms with van der Waals surface area (Å²) in [6.07, 6.45) is 1.28. The summed E-state index contributed by atoms with van der Waals surface area (Å²) < 4.78 is 26.4. The van der Waals surface area contributed by atoms with Gasteiger partial charge in [-0.05, 0) is 6.42 Å². The fourth-order valence-corrected chi connectivity index (χ4v) is 1.55. The summed E-state index contributed by atoms with van der Waals surface area (Å²) in [5.41, 5.74) is 5.21. The van der Waals surface area contributed by atoms with Crippen LogP contribution in [-0.2, 0) is 10.2 Å². The van der Waals surface area contributed by atoms with E-state index in [4.69, 9.17) is 11.1 Å². The first-order valence-electron chi connectivity index (χ1n) is 3.97. The lowest BCUT2D eigenvalue weighted by Crippen LogP contribution is -2.47. The maximum atomic E-state index is 11.0. The third kappa shape index (κ3) is 4.81. The minimum Gasteiger partial charge on any atom is -0.386 e. The van der Waals surface area contributed by atoms with Gasteiger partial charge in [-0.2, -0.15) is 13.1 Å². The number of nitrogens with two attached hydrogens (primary N) is 1. The van der Waals surface area contributed by atoms with Crippen molar-refractivity contribution in [3.63, 3.8) is 0 Å². The topological polar surface area (TPSA) is 108 Å². The van der Waals surface area contributed by atoms with E-state index in [1.165, 1.54) is 7.05 Å². The molecule has 0 amide bonds. The van der Waals surface area contributed by atoms with Crippen molar-refractivity contribution < 1.29 is 8.42 Å². The van der Waals surface area contributed by atoms with Crippen molar-refractivity contribution in [1.82, 2.24) is 9.44 Å². The van der Waals surface area contributed by atoms with Gasteiger partial charge in [0.1, 0.15) is 5.84 Å². The van der Waals surface area contributed by atoms with Crippen LogP contribution < -0.4 is 15.2 Å². The third-order valence-corrected chi connectivity index (χ3v) is 2.65. The average Bonchev–Trinajstić information content (AvgIpc) is 2.03. The van der Waals surface area contributed by atoms with Crippen LogP contribution in [0, 0.1) is 5.41 Å². The lowest BCUT2D eigenvalue weighted by molar-refractivity contribution is 0.557. The summed E-state index contributed by atoms with van der Waals surface area (Å²) in [4.78, 5) is 0. The van der Waals surface area contributed by atoms with E-state index in [0.29, 0.717) is 6.42 Å². The molecule has 6 nitrogen and oxygen atoms in total. The van der Waals surface area contributed by atoms with E-state index in [9.17, 15) is 8.42 Å². The van der Waals surface area contributed by atoms with Gasteiger partial charge in [-0.25, -0.2) is 4.72 Å². The second-order valence-electron chi connectivity index (χ2n) is 2.62. The van der Waals surface area contributed by atoms with Gasteiger partial charge in [-0.1, -0.05) is 13.3 Å². The van der Waals surface area contributed by atoms with Gasteiger partial charge >= 0.3 is 0 Å². The number of amidine groups is 1. The Hall–Kier alpha value is -0.660. The molecule has 7 heteroatoms. The molecule has 0 rings (SSSR count). The molecule has 0 fully saturated rings. The van der Waals surface area contributed by atoms with E-state index in [-0.39, 0.29) is 5.84 Å². The quantitative estimate of drug-likeness (QED) is 0.337. The summed E-state index contributed by atoms with van der Waals surface area (Å²) >= 11 is 0. The van der Waals surface area contributed by atoms with E-state index in [1.807, 2.05) is 6.92 Å². The zero-order chi connectivity index (χ0) is 10.5. The molecule has 0 aromatic heterocycles. The summed E-state index contributed by atoms with van der Waals surface area (Å²) in [6.45, 7) is 1.89. The number of nitrogens with one attached hydrogen (secondary N) is 3. The monoisotopic (exact) mass is 208 g/mol. The highest BCUT2D eigenvalue weighted by atomic mass is 32.2. The first kappa shape index (κ1) is 12.3. The highest BCUT2D eigenvalue weighted by Gasteiger charge is 2.17. The molecule has 0 aromatic rings. The molecule has 0 aromatic carbocycles. The van der Waals surface area contributed by atoms with Crippen molar-refractivity contribution in [1.29, 1.82) is 5.41 Å². The largest absolute Gasteiger partial charge is 0.386 e. The second kappa shape index (κ2) is 5.15. The average molecular weight is 208 g/mol. The highest BCUT2D eigenvalue weighted by Crippen LogP contribution is 1.97. The normalized spacial score (nSPS) is 14.0. The molecule has 13 heavy (non-hydrogen) atoms. The van der Waals surface area contributed by atoms with E-state index in [0.717, 1.165) is 6.42 Å². The van der Waals surface area contributed by atoms with Crippen LogP contribution >= 0.6 is 0 Å². The molecule has 0 bridgehead atoms. The number of rotatable bonds is 6. The van der Waals surface area contributed by atoms with Crippen LogP contribution in [0.5, 0.6) is 0 Å². The third-order valence-electron chi connectivity index (χ3n) is 1.52. The Kier molecular flexibility index (Phi) is 4.89. The van der Waals surface area contributed by atoms with E-state index < -0.39 is 16.3 Å². The summed E-state index contributed by atoms with van der Waals surface area (Å²) in [5.74, 6) is -0.166. The van der Waals surface area contributed by atoms with Gasteiger partial charge in [-0.3, -0.25) is 5.41 Å². The molecule has 0 heterocycles. The predicted octanol–water partition coefficient (Wildman–Crippen LogP) is -0.855. The molecule has 0 saturated heterocycles. The molecule has 0 aliphatic carbocycles. The van der Waals surface area contributed by atoms with E-state index >= 15 is 0 Å². The summed E-state index contributed by atoms with van der Waals surface area (Å²) in [5, 5.41) is 7.13. The van der Waals surface area contributed by atoms with Crippen LogP contribution in [0.3, 0.4) is 0 Å². The fraction of sp³-hybridized carbons (Fsp3) is 0.833. The van der Waals surface area contributed by atoms with E-state index in [2.05, 4.69) is 9.44 Å². The Morgan fingerprint density at radius 2 is 2.15 bits per heavy atom. The molecule has 0 spiro atoms. The molecule has 1 unspecified atom stereocenters. The zero-order valence-electron chi connectivity index (χ0n) is 7.79. The predicted molar refractivity (Wildman–Crippen MR) is 51.7 cm³/mol. The van der Waals surface area contributed by atoms with Gasteiger partial charge in [0, 0.05) is 7.05 Å². The van der Waals surface area contributed by atoms with Crippen molar-refractivity contribution in [3.8, 4) is 0 Å².